The van der Waals surface area contributed by atoms with Gasteiger partial charge in [0.05, 0.1) is 19.8 Å². The molecule has 0 unspecified atom stereocenters. The average Bonchev–Trinajstić information content (AvgIpc) is 2.67. The van der Waals surface area contributed by atoms with Crippen LogP contribution in [0, 0.1) is 5.82 Å². The van der Waals surface area contributed by atoms with Gasteiger partial charge in [-0.15, -0.1) is 0 Å². The van der Waals surface area contributed by atoms with Gasteiger partial charge >= 0.3 is 0 Å². The molecule has 2 aromatic rings. The summed E-state index contributed by atoms with van der Waals surface area (Å²) >= 11 is 0. The first kappa shape index (κ1) is 19.7. The van der Waals surface area contributed by atoms with E-state index in [9.17, 15) is 14.3 Å². The van der Waals surface area contributed by atoms with Gasteiger partial charge in [-0.3, -0.25) is 9.79 Å². The Morgan fingerprint density at radius 2 is 1.89 bits per heavy atom. The molecule has 1 aliphatic rings. The standard InChI is InChI=1S/C21H22FN3O3/c1-24-10-18(19(23)11-26)14-2-4-15(5-3-14)21(12-28-13-21)20(27)25-17-8-6-16(22)7-9-17/h2-10,26H,11-13,23H2,1H3,(H,25,27). The molecule has 0 aliphatic carbocycles. The van der Waals surface area contributed by atoms with Crippen molar-refractivity contribution in [3.05, 3.63) is 71.2 Å². The highest BCUT2D eigenvalue weighted by Gasteiger charge is 2.47. The molecule has 6 nitrogen and oxygen atoms in total. The van der Waals surface area contributed by atoms with Crippen LogP contribution in [0.5, 0.6) is 0 Å². The molecule has 1 aliphatic heterocycles. The predicted octanol–water partition coefficient (Wildman–Crippen LogP) is 2.10. The van der Waals surface area contributed by atoms with Crippen LogP contribution in [0.1, 0.15) is 11.1 Å². The van der Waals surface area contributed by atoms with Crippen molar-refractivity contribution in [1.82, 2.24) is 0 Å². The fourth-order valence-corrected chi connectivity index (χ4v) is 3.04. The van der Waals surface area contributed by atoms with Crippen molar-refractivity contribution in [3.63, 3.8) is 0 Å². The van der Waals surface area contributed by atoms with Crippen molar-refractivity contribution in [2.45, 2.75) is 5.41 Å². The number of carbonyl (C=O) groups is 1. The van der Waals surface area contributed by atoms with Crippen molar-refractivity contribution in [3.8, 4) is 0 Å². The van der Waals surface area contributed by atoms with Crippen molar-refractivity contribution >= 4 is 23.4 Å². The Bertz CT molecular complexity index is 901. The third-order valence-corrected chi connectivity index (χ3v) is 4.76. The number of aliphatic hydroxyl groups is 1. The highest BCUT2D eigenvalue weighted by molar-refractivity contribution is 6.11. The molecule has 7 heteroatoms. The van der Waals surface area contributed by atoms with E-state index in [4.69, 9.17) is 10.5 Å². The number of ether oxygens (including phenoxy) is 1. The van der Waals surface area contributed by atoms with Gasteiger partial charge in [-0.05, 0) is 35.4 Å². The largest absolute Gasteiger partial charge is 0.400 e. The quantitative estimate of drug-likeness (QED) is 0.666. The van der Waals surface area contributed by atoms with Gasteiger partial charge < -0.3 is 20.9 Å². The number of hydrogen-bond acceptors (Lipinski definition) is 5. The maximum Gasteiger partial charge on any atom is 0.239 e. The number of aliphatic hydroxyl groups excluding tert-OH is 1. The highest BCUT2D eigenvalue weighted by Crippen LogP contribution is 2.34. The lowest BCUT2D eigenvalue weighted by molar-refractivity contribution is -0.139. The van der Waals surface area contributed by atoms with E-state index in [1.54, 1.807) is 13.3 Å². The molecule has 1 amide bonds. The zero-order chi connectivity index (χ0) is 20.1. The monoisotopic (exact) mass is 383 g/mol. The number of amides is 1. The molecule has 0 atom stereocenters. The lowest BCUT2D eigenvalue weighted by Crippen LogP contribution is -2.55. The normalized spacial score (nSPS) is 16.4. The van der Waals surface area contributed by atoms with Gasteiger partial charge in [-0.1, -0.05) is 24.3 Å². The summed E-state index contributed by atoms with van der Waals surface area (Å²) in [6, 6.07) is 13.0. The Morgan fingerprint density at radius 3 is 2.39 bits per heavy atom. The van der Waals surface area contributed by atoms with Crippen molar-refractivity contribution in [2.24, 2.45) is 10.7 Å². The van der Waals surface area contributed by atoms with E-state index >= 15 is 0 Å². The number of halogens is 1. The van der Waals surface area contributed by atoms with Crippen LogP contribution in [0.4, 0.5) is 10.1 Å². The van der Waals surface area contributed by atoms with Crippen LogP contribution in [-0.4, -0.2) is 44.1 Å². The number of carbonyl (C=O) groups excluding carboxylic acids is 1. The average molecular weight is 383 g/mol. The fraction of sp³-hybridized carbons (Fsp3) is 0.238. The van der Waals surface area contributed by atoms with Gasteiger partial charge in [0.15, 0.2) is 0 Å². The summed E-state index contributed by atoms with van der Waals surface area (Å²) in [5.74, 6) is -0.573. The zero-order valence-electron chi connectivity index (χ0n) is 15.5. The number of nitrogens with zero attached hydrogens (tertiary/aromatic N) is 1. The number of anilines is 1. The Kier molecular flexibility index (Phi) is 5.87. The highest BCUT2D eigenvalue weighted by atomic mass is 19.1. The summed E-state index contributed by atoms with van der Waals surface area (Å²) < 4.78 is 18.4. The lowest BCUT2D eigenvalue weighted by atomic mass is 9.77. The third kappa shape index (κ3) is 3.81. The molecule has 4 N–H and O–H groups in total. The van der Waals surface area contributed by atoms with E-state index in [2.05, 4.69) is 10.3 Å². The molecule has 3 rings (SSSR count). The van der Waals surface area contributed by atoms with E-state index in [1.807, 2.05) is 24.3 Å². The summed E-state index contributed by atoms with van der Waals surface area (Å²) in [5, 5.41) is 12.1. The zero-order valence-corrected chi connectivity index (χ0v) is 15.5. The van der Waals surface area contributed by atoms with E-state index in [-0.39, 0.29) is 31.5 Å². The molecule has 2 aromatic carbocycles. The molecule has 1 heterocycles. The van der Waals surface area contributed by atoms with Crippen LogP contribution < -0.4 is 11.1 Å². The van der Waals surface area contributed by atoms with Crippen LogP contribution >= 0.6 is 0 Å². The first-order valence-electron chi connectivity index (χ1n) is 8.77. The molecule has 0 radical (unpaired) electrons. The lowest BCUT2D eigenvalue weighted by Gasteiger charge is -2.40. The second-order valence-corrected chi connectivity index (χ2v) is 6.60. The Morgan fingerprint density at radius 1 is 1.25 bits per heavy atom. The van der Waals surface area contributed by atoms with E-state index in [1.165, 1.54) is 24.3 Å². The Hall–Kier alpha value is -3.03. The third-order valence-electron chi connectivity index (χ3n) is 4.76. The molecule has 1 fully saturated rings. The van der Waals surface area contributed by atoms with E-state index in [0.717, 1.165) is 11.1 Å². The number of hydrogen-bond donors (Lipinski definition) is 3. The first-order valence-corrected chi connectivity index (χ1v) is 8.77. The van der Waals surface area contributed by atoms with E-state index < -0.39 is 5.41 Å². The molecule has 0 aromatic heterocycles. The van der Waals surface area contributed by atoms with Gasteiger partial charge in [-0.25, -0.2) is 4.39 Å². The van der Waals surface area contributed by atoms with Crippen molar-refractivity contribution < 1.29 is 19.0 Å². The minimum atomic E-state index is -0.807. The second kappa shape index (κ2) is 8.33. The fourth-order valence-electron chi connectivity index (χ4n) is 3.04. The van der Waals surface area contributed by atoms with Crippen LogP contribution in [0.3, 0.4) is 0 Å². The first-order chi connectivity index (χ1) is 13.5. The van der Waals surface area contributed by atoms with Crippen molar-refractivity contribution in [2.75, 3.05) is 32.2 Å². The maximum atomic E-state index is 13.1. The Labute approximate surface area is 162 Å². The smallest absolute Gasteiger partial charge is 0.239 e. The number of aliphatic imine (C=N–C) groups is 1. The minimum absolute atomic E-state index is 0.209. The van der Waals surface area contributed by atoms with Crippen LogP contribution in [0.2, 0.25) is 0 Å². The van der Waals surface area contributed by atoms with Gasteiger partial charge in [-0.2, -0.15) is 0 Å². The summed E-state index contributed by atoms with van der Waals surface area (Å²) in [5.41, 5.74) is 8.12. The number of benzene rings is 2. The van der Waals surface area contributed by atoms with Gasteiger partial charge in [0.1, 0.15) is 11.2 Å². The molecular formula is C21H22FN3O3. The van der Waals surface area contributed by atoms with E-state index in [0.29, 0.717) is 17.0 Å². The second-order valence-electron chi connectivity index (χ2n) is 6.60. The Balaban J connectivity index is 1.86. The summed E-state index contributed by atoms with van der Waals surface area (Å²) in [6.07, 6.45) is 1.59. The van der Waals surface area contributed by atoms with Crippen molar-refractivity contribution in [1.29, 1.82) is 0 Å². The summed E-state index contributed by atoms with van der Waals surface area (Å²) in [4.78, 5) is 16.9. The van der Waals surface area contributed by atoms with Crippen LogP contribution in [-0.2, 0) is 14.9 Å². The van der Waals surface area contributed by atoms with Gasteiger partial charge in [0, 0.05) is 30.2 Å². The molecule has 0 saturated carbocycles. The SMILES string of the molecule is CN=CC(=C(N)CO)c1ccc(C2(C(=O)Nc3ccc(F)cc3)COC2)cc1. The molecular weight excluding hydrogens is 361 g/mol. The molecule has 0 spiro atoms. The van der Waals surface area contributed by atoms with Gasteiger partial charge in [0.2, 0.25) is 5.91 Å². The summed E-state index contributed by atoms with van der Waals surface area (Å²) in [6.45, 7) is 0.246. The van der Waals surface area contributed by atoms with Crippen LogP contribution in [0.25, 0.3) is 5.57 Å². The number of nitrogens with one attached hydrogen (secondary N) is 1. The molecule has 0 bridgehead atoms. The topological polar surface area (TPSA) is 96.9 Å². The number of nitrogens with two attached hydrogens (primary N) is 1. The van der Waals surface area contributed by atoms with Gasteiger partial charge in [0.25, 0.3) is 0 Å². The summed E-state index contributed by atoms with van der Waals surface area (Å²) in [7, 11) is 1.62. The number of rotatable bonds is 6. The predicted molar refractivity (Wildman–Crippen MR) is 107 cm³/mol. The van der Waals surface area contributed by atoms with Crippen LogP contribution in [0.15, 0.2) is 59.2 Å². The minimum Gasteiger partial charge on any atom is -0.400 e. The maximum absolute atomic E-state index is 13.1. The molecule has 1 saturated heterocycles. The molecule has 28 heavy (non-hydrogen) atoms. The number of allylic oxidation sites excluding steroid dienone is 1. The molecule has 146 valence electrons.